The molecule has 0 bridgehead atoms. The van der Waals surface area contributed by atoms with Crippen molar-refractivity contribution in [2.75, 3.05) is 32.9 Å². The number of fused-ring (bicyclic) bond motifs is 3. The molecule has 2 aliphatic heterocycles. The summed E-state index contributed by atoms with van der Waals surface area (Å²) in [5, 5.41) is 0.547. The third-order valence-electron chi connectivity index (χ3n) is 8.95. The van der Waals surface area contributed by atoms with Crippen molar-refractivity contribution in [3.63, 3.8) is 0 Å². The van der Waals surface area contributed by atoms with E-state index in [1.54, 1.807) is 72.7 Å². The first-order chi connectivity index (χ1) is 23.7. The zero-order valence-electron chi connectivity index (χ0n) is 29.9. The van der Waals surface area contributed by atoms with Gasteiger partial charge in [-0.05, 0) is 84.2 Å². The fraction of sp³-hybridized carbons (Fsp3) is 0.568. The highest BCUT2D eigenvalue weighted by Crippen LogP contribution is 2.46. The second-order valence-electron chi connectivity index (χ2n) is 15.5. The van der Waals surface area contributed by atoms with E-state index in [-0.39, 0.29) is 30.0 Å². The van der Waals surface area contributed by atoms with E-state index in [2.05, 4.69) is 0 Å². The number of rotatable bonds is 8. The van der Waals surface area contributed by atoms with E-state index in [0.29, 0.717) is 36.1 Å². The number of benzene rings is 2. The summed E-state index contributed by atoms with van der Waals surface area (Å²) in [4.78, 5) is 29.4. The van der Waals surface area contributed by atoms with Gasteiger partial charge in [-0.1, -0.05) is 18.2 Å². The summed E-state index contributed by atoms with van der Waals surface area (Å²) in [5.74, 6) is -2.51. The maximum atomic E-state index is 16.6. The summed E-state index contributed by atoms with van der Waals surface area (Å²) in [6, 6.07) is 6.01. The summed E-state index contributed by atoms with van der Waals surface area (Å²) in [7, 11) is 0. The van der Waals surface area contributed by atoms with E-state index >= 15 is 8.78 Å². The first-order valence-corrected chi connectivity index (χ1v) is 17.0. The van der Waals surface area contributed by atoms with E-state index in [0.717, 1.165) is 21.6 Å². The number of carbonyl (C=O) groups is 2. The molecule has 2 aromatic carbocycles. The van der Waals surface area contributed by atoms with Crippen molar-refractivity contribution >= 4 is 23.2 Å². The van der Waals surface area contributed by atoms with Crippen molar-refractivity contribution in [2.45, 2.75) is 96.9 Å². The summed E-state index contributed by atoms with van der Waals surface area (Å²) >= 11 is 0. The van der Waals surface area contributed by atoms with Gasteiger partial charge in [0.05, 0.1) is 30.5 Å². The lowest BCUT2D eigenvalue weighted by molar-refractivity contribution is -0.155. The van der Waals surface area contributed by atoms with Crippen LogP contribution in [0.3, 0.4) is 0 Å². The van der Waals surface area contributed by atoms with Gasteiger partial charge in [-0.25, -0.2) is 22.9 Å². The van der Waals surface area contributed by atoms with Crippen LogP contribution in [0.25, 0.3) is 10.9 Å². The molecule has 0 aliphatic carbocycles. The Morgan fingerprint density at radius 3 is 2.12 bits per heavy atom. The SMILES string of the molecule is C[C@@H]1Cc2c(n(C(=O)OC(C)(C)C)c3ccccc23)[C@@H](c2c(F)cc([C@@H](CCN3CC(CF)C3)OC(=O)OC(C)(C)C)cc2F)N1CC(F)(F)F. The van der Waals surface area contributed by atoms with Crippen molar-refractivity contribution in [3.05, 3.63) is 70.4 Å². The predicted octanol–water partition coefficient (Wildman–Crippen LogP) is 8.89. The van der Waals surface area contributed by atoms with E-state index < -0.39 is 78.2 Å². The van der Waals surface area contributed by atoms with Gasteiger partial charge < -0.3 is 19.1 Å². The van der Waals surface area contributed by atoms with Gasteiger partial charge in [0.25, 0.3) is 0 Å². The molecule has 0 spiro atoms. The molecule has 2 aliphatic rings. The number of carbonyl (C=O) groups excluding carboxylic acids is 2. The van der Waals surface area contributed by atoms with Crippen LogP contribution in [-0.2, 0) is 20.6 Å². The van der Waals surface area contributed by atoms with Crippen molar-refractivity contribution in [1.82, 2.24) is 14.4 Å². The number of para-hydroxylation sites is 1. The number of halogens is 6. The third-order valence-corrected chi connectivity index (χ3v) is 8.95. The summed E-state index contributed by atoms with van der Waals surface area (Å²) in [5.41, 5.74) is -1.94. The zero-order valence-corrected chi connectivity index (χ0v) is 29.9. The van der Waals surface area contributed by atoms with Crippen LogP contribution < -0.4 is 0 Å². The highest BCUT2D eigenvalue weighted by atomic mass is 19.4. The largest absolute Gasteiger partial charge is 0.509 e. The van der Waals surface area contributed by atoms with Crippen LogP contribution in [0, 0.1) is 17.6 Å². The molecule has 3 heterocycles. The van der Waals surface area contributed by atoms with Gasteiger partial charge in [0.1, 0.15) is 28.9 Å². The standard InChI is InChI=1S/C37H45F6N3O5/c1-21-14-25-24-10-8-9-11-28(24)46(33(47)50-35(2,3)4)31(25)32(45(21)20-37(41,42)43)30-26(39)15-23(16-27(30)40)29(49-34(48)51-36(5,6)7)12-13-44-18-22(17-38)19-44/h8-11,15-16,21-22,29,32H,12-14,17-20H2,1-7H3/t21-,29-,32-/m1/s1. The number of hydrogen-bond donors (Lipinski definition) is 0. The van der Waals surface area contributed by atoms with Gasteiger partial charge in [-0.3, -0.25) is 9.29 Å². The Morgan fingerprint density at radius 2 is 1.55 bits per heavy atom. The second kappa shape index (κ2) is 14.3. The van der Waals surface area contributed by atoms with Gasteiger partial charge in [0.2, 0.25) is 0 Å². The second-order valence-corrected chi connectivity index (χ2v) is 15.5. The topological polar surface area (TPSA) is 73.2 Å². The van der Waals surface area contributed by atoms with Crippen LogP contribution in [0.1, 0.15) is 89.4 Å². The molecule has 1 aromatic heterocycles. The average Bonchev–Trinajstić information content (AvgIpc) is 3.28. The average molecular weight is 726 g/mol. The molecule has 0 saturated carbocycles. The minimum absolute atomic E-state index is 0.0277. The van der Waals surface area contributed by atoms with Gasteiger partial charge in [-0.2, -0.15) is 13.2 Å². The fourth-order valence-corrected chi connectivity index (χ4v) is 6.91. The van der Waals surface area contributed by atoms with Gasteiger partial charge >= 0.3 is 18.4 Å². The highest BCUT2D eigenvalue weighted by Gasteiger charge is 2.46. The van der Waals surface area contributed by atoms with E-state index in [1.807, 2.05) is 4.90 Å². The Bertz CT molecular complexity index is 1730. The fourth-order valence-electron chi connectivity index (χ4n) is 6.91. The molecule has 280 valence electrons. The Morgan fingerprint density at radius 1 is 0.941 bits per heavy atom. The van der Waals surface area contributed by atoms with E-state index in [9.17, 15) is 27.2 Å². The molecule has 5 rings (SSSR count). The van der Waals surface area contributed by atoms with Crippen molar-refractivity contribution in [3.8, 4) is 0 Å². The van der Waals surface area contributed by atoms with Crippen LogP contribution in [0.2, 0.25) is 0 Å². The summed E-state index contributed by atoms with van der Waals surface area (Å²) < 4.78 is 107. The lowest BCUT2D eigenvalue weighted by Crippen LogP contribution is -2.48. The Labute approximate surface area is 293 Å². The van der Waals surface area contributed by atoms with E-state index in [4.69, 9.17) is 14.2 Å². The molecule has 3 aromatic rings. The normalized spacial score (nSPS) is 19.8. The molecule has 8 nitrogen and oxygen atoms in total. The predicted molar refractivity (Wildman–Crippen MR) is 178 cm³/mol. The van der Waals surface area contributed by atoms with Crippen molar-refractivity contribution in [2.24, 2.45) is 5.92 Å². The molecular formula is C37H45F6N3O5. The zero-order chi connectivity index (χ0) is 37.6. The van der Waals surface area contributed by atoms with Crippen molar-refractivity contribution < 1.29 is 50.1 Å². The maximum absolute atomic E-state index is 16.6. The number of aromatic nitrogens is 1. The van der Waals surface area contributed by atoms with E-state index in [1.165, 1.54) is 0 Å². The molecule has 0 N–H and O–H groups in total. The number of alkyl halides is 4. The maximum Gasteiger partial charge on any atom is 0.509 e. The molecule has 51 heavy (non-hydrogen) atoms. The van der Waals surface area contributed by atoms with Gasteiger partial charge in [-0.15, -0.1) is 0 Å². The van der Waals surface area contributed by atoms with Crippen LogP contribution in [-0.4, -0.2) is 82.9 Å². The van der Waals surface area contributed by atoms with Crippen LogP contribution in [0.4, 0.5) is 35.9 Å². The van der Waals surface area contributed by atoms with Gasteiger partial charge in [0, 0.05) is 49.0 Å². The molecular weight excluding hydrogens is 680 g/mol. The minimum Gasteiger partial charge on any atom is -0.443 e. The lowest BCUT2D eigenvalue weighted by Gasteiger charge is -2.42. The third kappa shape index (κ3) is 8.82. The molecule has 0 amide bonds. The van der Waals surface area contributed by atoms with Crippen molar-refractivity contribution in [1.29, 1.82) is 0 Å². The molecule has 0 unspecified atom stereocenters. The molecule has 14 heteroatoms. The Balaban J connectivity index is 1.64. The quantitative estimate of drug-likeness (QED) is 0.170. The Kier molecular flexibility index (Phi) is 10.8. The van der Waals surface area contributed by atoms with Crippen LogP contribution >= 0.6 is 0 Å². The smallest absolute Gasteiger partial charge is 0.443 e. The minimum atomic E-state index is -4.76. The first kappa shape index (κ1) is 38.5. The molecule has 3 atom stereocenters. The number of ether oxygens (including phenoxy) is 3. The molecule has 1 saturated heterocycles. The number of nitrogens with zero attached hydrogens (tertiary/aromatic N) is 3. The lowest BCUT2D eigenvalue weighted by atomic mass is 9.87. The summed E-state index contributed by atoms with van der Waals surface area (Å²) in [6.45, 7) is 10.6. The Hall–Kier alpha value is -3.78. The van der Waals surface area contributed by atoms with Crippen LogP contribution in [0.5, 0.6) is 0 Å². The van der Waals surface area contributed by atoms with Crippen LogP contribution in [0.15, 0.2) is 36.4 Å². The highest BCUT2D eigenvalue weighted by molar-refractivity contribution is 5.94. The first-order valence-electron chi connectivity index (χ1n) is 17.0. The van der Waals surface area contributed by atoms with Gasteiger partial charge in [0.15, 0.2) is 0 Å². The molecule has 0 radical (unpaired) electrons. The summed E-state index contributed by atoms with van der Waals surface area (Å²) in [6.07, 6.45) is -7.81. The molecule has 1 fully saturated rings. The number of likely N-dealkylation sites (tertiary alicyclic amines) is 1. The number of hydrogen-bond acceptors (Lipinski definition) is 7. The monoisotopic (exact) mass is 725 g/mol.